The van der Waals surface area contributed by atoms with Gasteiger partial charge in [-0.2, -0.15) is 0 Å². The average Bonchev–Trinajstić information content (AvgIpc) is 3.14. The molecule has 150 valence electrons. The first kappa shape index (κ1) is 23.5. The van der Waals surface area contributed by atoms with E-state index in [9.17, 15) is 0 Å². The zero-order valence-electron chi connectivity index (χ0n) is 16.3. The molecule has 0 spiro atoms. The Hall–Kier alpha value is -1.55. The molecule has 1 aromatic heterocycles. The molecule has 0 amide bonds. The lowest BCUT2D eigenvalue weighted by atomic mass is 10.2. The summed E-state index contributed by atoms with van der Waals surface area (Å²) in [5, 5.41) is 9.77. The van der Waals surface area contributed by atoms with Crippen molar-refractivity contribution in [2.75, 3.05) is 27.3 Å². The third-order valence-corrected chi connectivity index (χ3v) is 4.60. The van der Waals surface area contributed by atoms with E-state index >= 15 is 0 Å². The molecule has 0 aliphatic carbocycles. The Labute approximate surface area is 182 Å². The van der Waals surface area contributed by atoms with Crippen molar-refractivity contribution in [2.24, 2.45) is 4.99 Å². The summed E-state index contributed by atoms with van der Waals surface area (Å²) in [7, 11) is 3.42. The molecule has 0 aliphatic rings. The SMILES string of the molecule is CN=C(NCCCOc1ccc(OC)cc1)NCc1nc(C(C)C)cs1.I. The highest BCUT2D eigenvalue weighted by Gasteiger charge is 2.06. The number of aromatic nitrogens is 1. The van der Waals surface area contributed by atoms with Crippen LogP contribution in [0.25, 0.3) is 0 Å². The predicted octanol–water partition coefficient (Wildman–Crippen LogP) is 4.03. The smallest absolute Gasteiger partial charge is 0.191 e. The fourth-order valence-corrected chi connectivity index (χ4v) is 3.09. The van der Waals surface area contributed by atoms with Crippen molar-refractivity contribution in [3.8, 4) is 11.5 Å². The van der Waals surface area contributed by atoms with E-state index in [1.165, 1.54) is 0 Å². The average molecular weight is 504 g/mol. The van der Waals surface area contributed by atoms with Crippen LogP contribution in [0, 0.1) is 0 Å². The van der Waals surface area contributed by atoms with Gasteiger partial charge in [-0.15, -0.1) is 35.3 Å². The Morgan fingerprint density at radius 2 is 1.89 bits per heavy atom. The van der Waals surface area contributed by atoms with Crippen molar-refractivity contribution in [1.82, 2.24) is 15.6 Å². The highest BCUT2D eigenvalue weighted by Crippen LogP contribution is 2.18. The zero-order chi connectivity index (χ0) is 18.8. The maximum Gasteiger partial charge on any atom is 0.191 e. The number of nitrogens with zero attached hydrogens (tertiary/aromatic N) is 2. The van der Waals surface area contributed by atoms with Gasteiger partial charge in [-0.25, -0.2) is 4.98 Å². The molecule has 0 radical (unpaired) electrons. The second kappa shape index (κ2) is 12.8. The maximum atomic E-state index is 5.71. The van der Waals surface area contributed by atoms with Gasteiger partial charge in [0.15, 0.2) is 5.96 Å². The summed E-state index contributed by atoms with van der Waals surface area (Å²) in [5.74, 6) is 2.91. The number of rotatable bonds is 9. The van der Waals surface area contributed by atoms with E-state index < -0.39 is 0 Å². The van der Waals surface area contributed by atoms with Crippen molar-refractivity contribution < 1.29 is 9.47 Å². The number of halogens is 1. The van der Waals surface area contributed by atoms with E-state index in [-0.39, 0.29) is 24.0 Å². The van der Waals surface area contributed by atoms with E-state index in [2.05, 4.69) is 39.8 Å². The molecule has 8 heteroatoms. The normalized spacial score (nSPS) is 11.1. The molecule has 0 atom stereocenters. The summed E-state index contributed by atoms with van der Waals surface area (Å²) < 4.78 is 10.8. The van der Waals surface area contributed by atoms with Crippen molar-refractivity contribution in [3.05, 3.63) is 40.3 Å². The van der Waals surface area contributed by atoms with E-state index in [1.807, 2.05) is 24.3 Å². The summed E-state index contributed by atoms with van der Waals surface area (Å²) >= 11 is 1.68. The highest BCUT2D eigenvalue weighted by atomic mass is 127. The number of hydrogen-bond acceptors (Lipinski definition) is 5. The van der Waals surface area contributed by atoms with Crippen LogP contribution in [0.1, 0.15) is 36.9 Å². The maximum absolute atomic E-state index is 5.71. The fraction of sp³-hybridized carbons (Fsp3) is 0.474. The summed E-state index contributed by atoms with van der Waals surface area (Å²) in [4.78, 5) is 8.85. The molecule has 6 nitrogen and oxygen atoms in total. The molecule has 2 aromatic rings. The summed E-state index contributed by atoms with van der Waals surface area (Å²) in [6.45, 7) is 6.41. The molecule has 0 aliphatic heterocycles. The van der Waals surface area contributed by atoms with Gasteiger partial charge in [0.2, 0.25) is 0 Å². The van der Waals surface area contributed by atoms with Crippen molar-refractivity contribution >= 4 is 41.3 Å². The number of methoxy groups -OCH3 is 1. The minimum atomic E-state index is 0. The molecule has 0 bridgehead atoms. The Balaban J connectivity index is 0.00000364. The topological polar surface area (TPSA) is 67.8 Å². The molecule has 1 heterocycles. The minimum absolute atomic E-state index is 0. The van der Waals surface area contributed by atoms with Crippen LogP contribution in [-0.4, -0.2) is 38.3 Å². The van der Waals surface area contributed by atoms with Crippen LogP contribution in [0.5, 0.6) is 11.5 Å². The van der Waals surface area contributed by atoms with Gasteiger partial charge in [0.1, 0.15) is 16.5 Å². The quantitative estimate of drug-likeness (QED) is 0.234. The van der Waals surface area contributed by atoms with Crippen LogP contribution in [0.3, 0.4) is 0 Å². The van der Waals surface area contributed by atoms with Crippen LogP contribution in [0.15, 0.2) is 34.6 Å². The van der Waals surface area contributed by atoms with Gasteiger partial charge in [0.05, 0.1) is 26.0 Å². The molecule has 0 saturated heterocycles. The number of thiazole rings is 1. The van der Waals surface area contributed by atoms with Crippen molar-refractivity contribution in [1.29, 1.82) is 0 Å². The Bertz CT molecular complexity index is 689. The number of guanidine groups is 1. The first-order valence-corrected chi connectivity index (χ1v) is 9.66. The lowest BCUT2D eigenvalue weighted by molar-refractivity contribution is 0.310. The largest absolute Gasteiger partial charge is 0.497 e. The third-order valence-electron chi connectivity index (χ3n) is 3.73. The number of nitrogens with one attached hydrogen (secondary N) is 2. The minimum Gasteiger partial charge on any atom is -0.497 e. The molecule has 1 aromatic carbocycles. The molecular formula is C19H29IN4O2S. The Kier molecular flexibility index (Phi) is 11.1. The predicted molar refractivity (Wildman–Crippen MR) is 123 cm³/mol. The van der Waals surface area contributed by atoms with Crippen LogP contribution in [-0.2, 0) is 6.54 Å². The summed E-state index contributed by atoms with van der Waals surface area (Å²) in [6, 6.07) is 7.60. The second-order valence-electron chi connectivity index (χ2n) is 6.05. The van der Waals surface area contributed by atoms with E-state index in [4.69, 9.17) is 9.47 Å². The Morgan fingerprint density at radius 3 is 2.48 bits per heavy atom. The molecule has 27 heavy (non-hydrogen) atoms. The van der Waals surface area contributed by atoms with Crippen LogP contribution < -0.4 is 20.1 Å². The number of hydrogen-bond donors (Lipinski definition) is 2. The first-order valence-electron chi connectivity index (χ1n) is 8.78. The van der Waals surface area contributed by atoms with Crippen molar-refractivity contribution in [2.45, 2.75) is 32.7 Å². The monoisotopic (exact) mass is 504 g/mol. The van der Waals surface area contributed by atoms with Crippen LogP contribution in [0.2, 0.25) is 0 Å². The third kappa shape index (κ3) is 8.34. The molecular weight excluding hydrogens is 475 g/mol. The van der Waals surface area contributed by atoms with E-state index in [1.54, 1.807) is 25.5 Å². The molecule has 2 N–H and O–H groups in total. The lowest BCUT2D eigenvalue weighted by Gasteiger charge is -2.11. The molecule has 0 saturated carbocycles. The second-order valence-corrected chi connectivity index (χ2v) is 6.99. The molecule has 2 rings (SSSR count). The number of aliphatic imine (C=N–C) groups is 1. The van der Waals surface area contributed by atoms with Crippen LogP contribution >= 0.6 is 35.3 Å². The standard InChI is InChI=1S/C19H28N4O2S.HI/c1-14(2)17-13-26-18(23-17)12-22-19(20-3)21-10-5-11-25-16-8-6-15(24-4)7-9-16;/h6-9,13-14H,5,10-12H2,1-4H3,(H2,20,21,22);1H. The van der Waals surface area contributed by atoms with Gasteiger partial charge in [-0.3, -0.25) is 4.99 Å². The van der Waals surface area contributed by atoms with Gasteiger partial charge in [-0.1, -0.05) is 13.8 Å². The molecule has 0 fully saturated rings. The molecule has 0 unspecified atom stereocenters. The van der Waals surface area contributed by atoms with Gasteiger partial charge in [0.25, 0.3) is 0 Å². The number of benzene rings is 1. The van der Waals surface area contributed by atoms with Crippen molar-refractivity contribution in [3.63, 3.8) is 0 Å². The first-order chi connectivity index (χ1) is 12.6. The lowest BCUT2D eigenvalue weighted by Crippen LogP contribution is -2.37. The zero-order valence-corrected chi connectivity index (χ0v) is 19.5. The van der Waals surface area contributed by atoms with Gasteiger partial charge in [0, 0.05) is 19.0 Å². The van der Waals surface area contributed by atoms with Gasteiger partial charge in [-0.05, 0) is 36.6 Å². The van der Waals surface area contributed by atoms with Gasteiger partial charge < -0.3 is 20.1 Å². The van der Waals surface area contributed by atoms with E-state index in [0.29, 0.717) is 19.1 Å². The Morgan fingerprint density at radius 1 is 1.19 bits per heavy atom. The van der Waals surface area contributed by atoms with E-state index in [0.717, 1.165) is 41.1 Å². The highest BCUT2D eigenvalue weighted by molar-refractivity contribution is 14.0. The summed E-state index contributed by atoms with van der Waals surface area (Å²) in [5.41, 5.74) is 1.14. The number of ether oxygens (including phenoxy) is 2. The summed E-state index contributed by atoms with van der Waals surface area (Å²) in [6.07, 6.45) is 0.876. The van der Waals surface area contributed by atoms with Crippen LogP contribution in [0.4, 0.5) is 0 Å². The van der Waals surface area contributed by atoms with Gasteiger partial charge >= 0.3 is 0 Å². The fourth-order valence-electron chi connectivity index (χ4n) is 2.19.